The molecule has 0 spiro atoms. The Balaban J connectivity index is 1.65. The molecule has 5 nitrogen and oxygen atoms in total. The lowest BCUT2D eigenvalue weighted by Gasteiger charge is -2.50. The van der Waals surface area contributed by atoms with Crippen molar-refractivity contribution in [2.75, 3.05) is 10.4 Å². The molecule has 5 heteroatoms. The number of nitrogens with one attached hydrogen (secondary N) is 2. The Kier molecular flexibility index (Phi) is 7.71. The first-order chi connectivity index (χ1) is 21.7. The zero-order valence-electron chi connectivity index (χ0n) is 26.9. The molecule has 0 bridgehead atoms. The summed E-state index contributed by atoms with van der Waals surface area (Å²) in [6.45, 7) is 23.6. The van der Waals surface area contributed by atoms with Gasteiger partial charge in [-0.3, -0.25) is 9.99 Å². The van der Waals surface area contributed by atoms with Crippen LogP contribution in [0.5, 0.6) is 0 Å². The van der Waals surface area contributed by atoms with E-state index >= 15 is 0 Å². The summed E-state index contributed by atoms with van der Waals surface area (Å²) < 4.78 is 2.35. The molecular formula is C40H41N5. The second-order valence-electron chi connectivity index (χ2n) is 11.9. The first-order valence-electron chi connectivity index (χ1n) is 15.5. The zero-order chi connectivity index (χ0) is 31.9. The molecule has 1 unspecified atom stereocenters. The second kappa shape index (κ2) is 11.7. The van der Waals surface area contributed by atoms with Crippen LogP contribution in [0, 0.1) is 0 Å². The lowest BCUT2D eigenvalue weighted by Crippen LogP contribution is -2.62. The van der Waals surface area contributed by atoms with E-state index < -0.39 is 5.79 Å². The minimum Gasteiger partial charge on any atom is -0.344 e. The van der Waals surface area contributed by atoms with Gasteiger partial charge in [-0.25, -0.2) is 10.0 Å². The minimum atomic E-state index is -0.856. The number of benzene rings is 4. The van der Waals surface area contributed by atoms with Crippen LogP contribution in [-0.2, 0) is 12.2 Å². The molecule has 0 fully saturated rings. The van der Waals surface area contributed by atoms with Crippen LogP contribution in [0.1, 0.15) is 62.6 Å². The summed E-state index contributed by atoms with van der Waals surface area (Å²) in [7, 11) is 0. The molecule has 0 aliphatic carbocycles. The smallest absolute Gasteiger partial charge is 0.210 e. The van der Waals surface area contributed by atoms with E-state index in [9.17, 15) is 0 Å². The van der Waals surface area contributed by atoms with E-state index in [0.29, 0.717) is 0 Å². The van der Waals surface area contributed by atoms with Gasteiger partial charge in [0, 0.05) is 44.6 Å². The Hall–Kier alpha value is -5.29. The predicted molar refractivity (Wildman–Crippen MR) is 194 cm³/mol. The summed E-state index contributed by atoms with van der Waals surface area (Å²) in [6, 6.07) is 33.6. The Bertz CT molecular complexity index is 2010. The average molecular weight is 592 g/mol. The lowest BCUT2D eigenvalue weighted by molar-refractivity contribution is 0.269. The van der Waals surface area contributed by atoms with Gasteiger partial charge in [0.2, 0.25) is 5.79 Å². The maximum absolute atomic E-state index is 5.46. The Morgan fingerprint density at radius 3 is 2.04 bits per heavy atom. The van der Waals surface area contributed by atoms with Crippen molar-refractivity contribution in [3.63, 3.8) is 0 Å². The fourth-order valence-electron chi connectivity index (χ4n) is 6.58. The molecule has 0 radical (unpaired) electrons. The molecule has 4 aromatic carbocycles. The van der Waals surface area contributed by atoms with E-state index in [1.807, 2.05) is 32.0 Å². The number of fused-ring (bicyclic) bond motifs is 2. The molecule has 1 atom stereocenters. The number of hydrogen-bond donors (Lipinski definition) is 2. The minimum absolute atomic E-state index is 0.805. The molecule has 45 heavy (non-hydrogen) atoms. The Morgan fingerprint density at radius 1 is 0.778 bits per heavy atom. The van der Waals surface area contributed by atoms with E-state index in [2.05, 4.69) is 140 Å². The zero-order valence-corrected chi connectivity index (χ0v) is 26.9. The fourth-order valence-corrected chi connectivity index (χ4v) is 6.58. The van der Waals surface area contributed by atoms with Crippen LogP contribution >= 0.6 is 0 Å². The Morgan fingerprint density at radius 2 is 1.36 bits per heavy atom. The van der Waals surface area contributed by atoms with E-state index in [0.717, 1.165) is 73.8 Å². The standard InChI is InChI=1S/C40H41N5/c1-9-37-34-22-12-13-23-35(34)39(41-28(6)32-20-11-10-18-30(32)26(2)3)44(37)40(8)42-29(7)33-21-15-17-25-38(33)45(40)43-36-24-16-14-19-31(36)27(4)5/h10-25,42-43H,2,4,7,9H2,1,3,5-6,8H3/b41-28+. The van der Waals surface area contributed by atoms with Gasteiger partial charge < -0.3 is 5.32 Å². The van der Waals surface area contributed by atoms with Crippen LogP contribution in [0.3, 0.4) is 0 Å². The monoisotopic (exact) mass is 591 g/mol. The molecule has 226 valence electrons. The van der Waals surface area contributed by atoms with E-state index in [1.54, 1.807) is 0 Å². The van der Waals surface area contributed by atoms with Crippen molar-refractivity contribution < 1.29 is 0 Å². The number of aryl methyl sites for hydroxylation is 1. The molecule has 2 N–H and O–H groups in total. The van der Waals surface area contributed by atoms with Crippen molar-refractivity contribution in [1.82, 2.24) is 9.88 Å². The van der Waals surface area contributed by atoms with E-state index in [1.165, 1.54) is 11.1 Å². The number of anilines is 2. The number of para-hydroxylation sites is 2. The predicted octanol–water partition coefficient (Wildman–Crippen LogP) is 10.1. The third-order valence-electron chi connectivity index (χ3n) is 8.69. The Labute approximate surface area is 266 Å². The summed E-state index contributed by atoms with van der Waals surface area (Å²) in [5.74, 6) is 0.0176. The largest absolute Gasteiger partial charge is 0.344 e. The summed E-state index contributed by atoms with van der Waals surface area (Å²) in [4.78, 5) is 5.46. The summed E-state index contributed by atoms with van der Waals surface area (Å²) >= 11 is 0. The number of rotatable bonds is 8. The van der Waals surface area contributed by atoms with Gasteiger partial charge in [0.15, 0.2) is 0 Å². The number of hydrogen-bond acceptors (Lipinski definition) is 4. The van der Waals surface area contributed by atoms with Crippen LogP contribution in [0.2, 0.25) is 0 Å². The van der Waals surface area contributed by atoms with Crippen molar-refractivity contribution >= 4 is 50.5 Å². The molecular weight excluding hydrogens is 550 g/mol. The van der Waals surface area contributed by atoms with Gasteiger partial charge in [0.25, 0.3) is 0 Å². The van der Waals surface area contributed by atoms with Crippen molar-refractivity contribution in [3.05, 3.63) is 145 Å². The van der Waals surface area contributed by atoms with Gasteiger partial charge in [0.05, 0.1) is 11.4 Å². The first kappa shape index (κ1) is 29.8. The van der Waals surface area contributed by atoms with Crippen molar-refractivity contribution in [2.45, 2.75) is 46.8 Å². The van der Waals surface area contributed by atoms with Crippen molar-refractivity contribution in [1.29, 1.82) is 0 Å². The number of nitrogens with zero attached hydrogens (tertiary/aromatic N) is 3. The molecule has 0 saturated carbocycles. The quantitative estimate of drug-likeness (QED) is 0.177. The van der Waals surface area contributed by atoms with Gasteiger partial charge in [-0.1, -0.05) is 117 Å². The summed E-state index contributed by atoms with van der Waals surface area (Å²) in [5, 5.41) is 8.31. The van der Waals surface area contributed by atoms with Gasteiger partial charge in [-0.15, -0.1) is 0 Å². The van der Waals surface area contributed by atoms with Gasteiger partial charge in [-0.05, 0) is 57.4 Å². The highest BCUT2D eigenvalue weighted by atomic mass is 15.7. The third-order valence-corrected chi connectivity index (χ3v) is 8.69. The molecule has 1 aromatic heterocycles. The molecule has 2 heterocycles. The van der Waals surface area contributed by atoms with E-state index in [-0.39, 0.29) is 0 Å². The molecule has 0 amide bonds. The van der Waals surface area contributed by atoms with Gasteiger partial charge in [0.1, 0.15) is 5.82 Å². The highest BCUT2D eigenvalue weighted by Crippen LogP contribution is 2.45. The second-order valence-corrected chi connectivity index (χ2v) is 11.9. The molecule has 5 aromatic rings. The number of aromatic nitrogens is 1. The van der Waals surface area contributed by atoms with Crippen molar-refractivity contribution in [2.24, 2.45) is 4.99 Å². The number of hydrazine groups is 1. The highest BCUT2D eigenvalue weighted by molar-refractivity contribution is 6.06. The molecule has 6 rings (SSSR count). The fraction of sp³-hybridized carbons (Fsp3) is 0.175. The topological polar surface area (TPSA) is 44.6 Å². The van der Waals surface area contributed by atoms with Crippen LogP contribution in [0.15, 0.2) is 122 Å². The van der Waals surface area contributed by atoms with Gasteiger partial charge in [-0.2, -0.15) is 0 Å². The molecule has 0 saturated heterocycles. The van der Waals surface area contributed by atoms with Crippen LogP contribution in [-0.4, -0.2) is 10.3 Å². The van der Waals surface area contributed by atoms with E-state index in [4.69, 9.17) is 4.99 Å². The maximum atomic E-state index is 5.46. The highest BCUT2D eigenvalue weighted by Gasteiger charge is 2.43. The summed E-state index contributed by atoms with van der Waals surface area (Å²) in [6.07, 6.45) is 0.805. The van der Waals surface area contributed by atoms with Crippen LogP contribution in [0.25, 0.3) is 27.6 Å². The van der Waals surface area contributed by atoms with Crippen molar-refractivity contribution in [3.8, 4) is 0 Å². The van der Waals surface area contributed by atoms with Crippen LogP contribution < -0.4 is 15.8 Å². The maximum Gasteiger partial charge on any atom is 0.210 e. The summed E-state index contributed by atoms with van der Waals surface area (Å²) in [5.41, 5.74) is 15.0. The number of aliphatic imine (C=N–C) groups is 1. The first-order valence-corrected chi connectivity index (χ1v) is 15.5. The van der Waals surface area contributed by atoms with Gasteiger partial charge >= 0.3 is 0 Å². The van der Waals surface area contributed by atoms with Crippen LogP contribution in [0.4, 0.5) is 17.2 Å². The molecule has 1 aliphatic rings. The lowest BCUT2D eigenvalue weighted by atomic mass is 9.99. The number of allylic oxidation sites excluding steroid dienone is 2. The normalized spacial score (nSPS) is 16.3. The molecule has 1 aliphatic heterocycles. The average Bonchev–Trinajstić information content (AvgIpc) is 3.36. The SMILES string of the molecule is C=C(C)c1ccccc1NN1c2ccccc2C(=C)NC1(C)n1c(CC)c2ccccc2c1/N=C(\C)c1ccccc1C(=C)C. The third kappa shape index (κ3) is 5.04.